The predicted molar refractivity (Wildman–Crippen MR) is 81.8 cm³/mol. The molecule has 4 heteroatoms. The molecule has 0 spiro atoms. The van der Waals surface area contributed by atoms with Crippen molar-refractivity contribution < 1.29 is 14.6 Å². The SMILES string of the molecule is COc1cccc(CCNCc2ccccc2C(=O)O)c1. The molecular formula is C17H19NO3. The highest BCUT2D eigenvalue weighted by Crippen LogP contribution is 2.13. The molecule has 0 saturated carbocycles. The second-order valence-corrected chi connectivity index (χ2v) is 4.74. The molecule has 2 rings (SSSR count). The Morgan fingerprint density at radius 3 is 2.76 bits per heavy atom. The van der Waals surface area contributed by atoms with Gasteiger partial charge in [0.15, 0.2) is 0 Å². The first-order valence-electron chi connectivity index (χ1n) is 6.85. The fourth-order valence-electron chi connectivity index (χ4n) is 2.17. The number of carboxylic acids is 1. The summed E-state index contributed by atoms with van der Waals surface area (Å²) in [6.45, 7) is 1.33. The standard InChI is InChI=1S/C17H19NO3/c1-21-15-7-4-5-13(11-15)9-10-18-12-14-6-2-3-8-16(14)17(19)20/h2-8,11,18H,9-10,12H2,1H3,(H,19,20). The van der Waals surface area contributed by atoms with E-state index in [4.69, 9.17) is 9.84 Å². The Kier molecular flexibility index (Phi) is 5.35. The van der Waals surface area contributed by atoms with Crippen LogP contribution in [0, 0.1) is 0 Å². The van der Waals surface area contributed by atoms with Gasteiger partial charge < -0.3 is 15.2 Å². The zero-order valence-corrected chi connectivity index (χ0v) is 12.0. The molecule has 0 saturated heterocycles. The van der Waals surface area contributed by atoms with Crippen LogP contribution in [0.3, 0.4) is 0 Å². The molecular weight excluding hydrogens is 266 g/mol. The van der Waals surface area contributed by atoms with Gasteiger partial charge in [0.05, 0.1) is 12.7 Å². The third kappa shape index (κ3) is 4.33. The number of methoxy groups -OCH3 is 1. The molecule has 0 heterocycles. The molecule has 0 aliphatic heterocycles. The van der Waals surface area contributed by atoms with Gasteiger partial charge in [-0.1, -0.05) is 30.3 Å². The number of carbonyl (C=O) groups is 1. The molecule has 2 aromatic carbocycles. The van der Waals surface area contributed by atoms with Crippen LogP contribution in [0.25, 0.3) is 0 Å². The lowest BCUT2D eigenvalue weighted by atomic mass is 10.1. The Morgan fingerprint density at radius 2 is 2.00 bits per heavy atom. The normalized spacial score (nSPS) is 10.3. The van der Waals surface area contributed by atoms with Gasteiger partial charge in [0.2, 0.25) is 0 Å². The summed E-state index contributed by atoms with van der Waals surface area (Å²) in [6, 6.07) is 15.0. The second kappa shape index (κ2) is 7.45. The van der Waals surface area contributed by atoms with Crippen molar-refractivity contribution in [2.24, 2.45) is 0 Å². The maximum atomic E-state index is 11.1. The molecule has 0 amide bonds. The predicted octanol–water partition coefficient (Wildman–Crippen LogP) is 2.73. The highest BCUT2D eigenvalue weighted by Gasteiger charge is 2.07. The maximum Gasteiger partial charge on any atom is 0.336 e. The summed E-state index contributed by atoms with van der Waals surface area (Å²) in [5.41, 5.74) is 2.34. The van der Waals surface area contributed by atoms with E-state index in [1.807, 2.05) is 30.3 Å². The molecule has 0 radical (unpaired) electrons. The zero-order valence-electron chi connectivity index (χ0n) is 12.0. The van der Waals surface area contributed by atoms with Crippen molar-refractivity contribution >= 4 is 5.97 Å². The van der Waals surface area contributed by atoms with E-state index in [0.29, 0.717) is 12.1 Å². The molecule has 0 atom stereocenters. The number of carboxylic acid groups (broad SMARTS) is 1. The van der Waals surface area contributed by atoms with Crippen LogP contribution in [-0.2, 0) is 13.0 Å². The molecule has 2 aromatic rings. The van der Waals surface area contributed by atoms with Gasteiger partial charge in [0.1, 0.15) is 5.75 Å². The Balaban J connectivity index is 1.86. The minimum atomic E-state index is -0.889. The van der Waals surface area contributed by atoms with E-state index in [1.165, 1.54) is 5.56 Å². The Hall–Kier alpha value is -2.33. The summed E-state index contributed by atoms with van der Waals surface area (Å²) in [5, 5.41) is 12.4. The summed E-state index contributed by atoms with van der Waals surface area (Å²) >= 11 is 0. The Bertz CT molecular complexity index is 610. The number of benzene rings is 2. The molecule has 21 heavy (non-hydrogen) atoms. The van der Waals surface area contributed by atoms with E-state index in [0.717, 1.165) is 24.3 Å². The van der Waals surface area contributed by atoms with E-state index in [9.17, 15) is 4.79 Å². The lowest BCUT2D eigenvalue weighted by Gasteiger charge is -2.08. The van der Waals surface area contributed by atoms with E-state index in [2.05, 4.69) is 11.4 Å². The number of aromatic carboxylic acids is 1. The molecule has 2 N–H and O–H groups in total. The van der Waals surface area contributed by atoms with Crippen molar-refractivity contribution in [3.05, 3.63) is 65.2 Å². The molecule has 0 aromatic heterocycles. The average Bonchev–Trinajstić information content (AvgIpc) is 2.52. The molecule has 0 aliphatic carbocycles. The quantitative estimate of drug-likeness (QED) is 0.768. The van der Waals surface area contributed by atoms with Gasteiger partial charge in [0, 0.05) is 6.54 Å². The third-order valence-electron chi connectivity index (χ3n) is 3.29. The van der Waals surface area contributed by atoms with Crippen molar-refractivity contribution in [3.8, 4) is 5.75 Å². The van der Waals surface area contributed by atoms with Gasteiger partial charge in [-0.25, -0.2) is 4.79 Å². The van der Waals surface area contributed by atoms with E-state index < -0.39 is 5.97 Å². The fraction of sp³-hybridized carbons (Fsp3) is 0.235. The highest BCUT2D eigenvalue weighted by atomic mass is 16.5. The summed E-state index contributed by atoms with van der Waals surface area (Å²) in [5.74, 6) is -0.0380. The van der Waals surface area contributed by atoms with Crippen LogP contribution in [0.2, 0.25) is 0 Å². The lowest BCUT2D eigenvalue weighted by Crippen LogP contribution is -2.18. The van der Waals surface area contributed by atoms with Crippen molar-refractivity contribution in [2.45, 2.75) is 13.0 Å². The molecule has 110 valence electrons. The fourth-order valence-corrected chi connectivity index (χ4v) is 2.17. The highest BCUT2D eigenvalue weighted by molar-refractivity contribution is 5.89. The van der Waals surface area contributed by atoms with Gasteiger partial charge >= 0.3 is 5.97 Å². The number of rotatable bonds is 7. The topological polar surface area (TPSA) is 58.6 Å². The lowest BCUT2D eigenvalue weighted by molar-refractivity contribution is 0.0695. The number of nitrogens with one attached hydrogen (secondary N) is 1. The van der Waals surface area contributed by atoms with E-state index >= 15 is 0 Å². The van der Waals surface area contributed by atoms with Crippen LogP contribution in [0.5, 0.6) is 5.75 Å². The molecule has 0 bridgehead atoms. The maximum absolute atomic E-state index is 11.1. The molecule has 0 unspecified atom stereocenters. The largest absolute Gasteiger partial charge is 0.497 e. The smallest absolute Gasteiger partial charge is 0.336 e. The summed E-state index contributed by atoms with van der Waals surface area (Å²) in [7, 11) is 1.65. The minimum absolute atomic E-state index is 0.353. The van der Waals surface area contributed by atoms with E-state index in [1.54, 1.807) is 19.2 Å². The van der Waals surface area contributed by atoms with Crippen LogP contribution in [0.15, 0.2) is 48.5 Å². The third-order valence-corrected chi connectivity index (χ3v) is 3.29. The zero-order chi connectivity index (χ0) is 15.1. The van der Waals surface area contributed by atoms with Crippen molar-refractivity contribution in [3.63, 3.8) is 0 Å². The van der Waals surface area contributed by atoms with Crippen LogP contribution in [-0.4, -0.2) is 24.7 Å². The van der Waals surface area contributed by atoms with Crippen molar-refractivity contribution in [2.75, 3.05) is 13.7 Å². The average molecular weight is 285 g/mol. The summed E-state index contributed by atoms with van der Waals surface area (Å²) in [6.07, 6.45) is 0.867. The molecule has 0 fully saturated rings. The Morgan fingerprint density at radius 1 is 1.19 bits per heavy atom. The van der Waals surface area contributed by atoms with Crippen molar-refractivity contribution in [1.82, 2.24) is 5.32 Å². The molecule has 0 aliphatic rings. The van der Waals surface area contributed by atoms with Gasteiger partial charge in [-0.3, -0.25) is 0 Å². The van der Waals surface area contributed by atoms with Crippen LogP contribution >= 0.6 is 0 Å². The van der Waals surface area contributed by atoms with Gasteiger partial charge in [-0.2, -0.15) is 0 Å². The van der Waals surface area contributed by atoms with Crippen LogP contribution in [0.4, 0.5) is 0 Å². The molecule has 4 nitrogen and oxygen atoms in total. The summed E-state index contributed by atoms with van der Waals surface area (Å²) < 4.78 is 5.19. The number of ether oxygens (including phenoxy) is 1. The van der Waals surface area contributed by atoms with Crippen LogP contribution in [0.1, 0.15) is 21.5 Å². The monoisotopic (exact) mass is 285 g/mol. The second-order valence-electron chi connectivity index (χ2n) is 4.74. The summed E-state index contributed by atoms with van der Waals surface area (Å²) in [4.78, 5) is 11.1. The van der Waals surface area contributed by atoms with Crippen molar-refractivity contribution in [1.29, 1.82) is 0 Å². The van der Waals surface area contributed by atoms with Crippen LogP contribution < -0.4 is 10.1 Å². The Labute approximate surface area is 124 Å². The minimum Gasteiger partial charge on any atom is -0.497 e. The van der Waals surface area contributed by atoms with Gasteiger partial charge in [0.25, 0.3) is 0 Å². The first-order chi connectivity index (χ1) is 10.2. The first-order valence-corrected chi connectivity index (χ1v) is 6.85. The van der Waals surface area contributed by atoms with Gasteiger partial charge in [-0.15, -0.1) is 0 Å². The van der Waals surface area contributed by atoms with Gasteiger partial charge in [-0.05, 0) is 42.3 Å². The first kappa shape index (κ1) is 15.1. The number of hydrogen-bond donors (Lipinski definition) is 2. The van der Waals surface area contributed by atoms with E-state index in [-0.39, 0.29) is 0 Å². The number of hydrogen-bond acceptors (Lipinski definition) is 3.